The predicted octanol–water partition coefficient (Wildman–Crippen LogP) is 1.21. The molecule has 0 aliphatic carbocycles. The Balaban J connectivity index is 1.70. The van der Waals surface area contributed by atoms with Crippen LogP contribution in [0.3, 0.4) is 0 Å². The maximum Gasteiger partial charge on any atom is 0.252 e. The van der Waals surface area contributed by atoms with Gasteiger partial charge in [0.05, 0.1) is 11.7 Å². The van der Waals surface area contributed by atoms with Crippen molar-refractivity contribution in [3.8, 4) is 0 Å². The van der Waals surface area contributed by atoms with Gasteiger partial charge in [0.25, 0.3) is 5.91 Å². The van der Waals surface area contributed by atoms with Crippen molar-refractivity contribution in [3.63, 3.8) is 0 Å². The molecule has 1 aromatic carbocycles. The van der Waals surface area contributed by atoms with Gasteiger partial charge in [-0.1, -0.05) is 18.2 Å². The maximum atomic E-state index is 12.2. The topological polar surface area (TPSA) is 61.4 Å². The van der Waals surface area contributed by atoms with Gasteiger partial charge in [-0.15, -0.1) is 11.3 Å². The van der Waals surface area contributed by atoms with Gasteiger partial charge in [0.1, 0.15) is 0 Å². The number of amides is 1. The Kier molecular flexibility index (Phi) is 3.50. The van der Waals surface area contributed by atoms with Crippen LogP contribution in [0.1, 0.15) is 10.4 Å². The number of β-amino-alcohol motifs (C(OH)–C–C–N with tert-alkyl or cyclic N) is 1. The zero-order chi connectivity index (χ0) is 13.2. The monoisotopic (exact) mass is 276 g/mol. The molecule has 5 heteroatoms. The van der Waals surface area contributed by atoms with Gasteiger partial charge in [0.15, 0.2) is 0 Å². The van der Waals surface area contributed by atoms with Crippen LogP contribution in [0.4, 0.5) is 0 Å². The van der Waals surface area contributed by atoms with E-state index >= 15 is 0 Å². The number of nitrogens with one attached hydrogen (secondary N) is 2. The van der Waals surface area contributed by atoms with Crippen LogP contribution in [0, 0.1) is 5.92 Å². The second-order valence-electron chi connectivity index (χ2n) is 4.84. The Morgan fingerprint density at radius 2 is 2.26 bits per heavy atom. The van der Waals surface area contributed by atoms with Crippen LogP contribution in [0.5, 0.6) is 0 Å². The van der Waals surface area contributed by atoms with Crippen LogP contribution < -0.4 is 10.6 Å². The average Bonchev–Trinajstić information content (AvgIpc) is 3.02. The zero-order valence-corrected chi connectivity index (χ0v) is 11.2. The lowest BCUT2D eigenvalue weighted by atomic mass is 10.1. The SMILES string of the molecule is O=C(NCC1CNCC1O)c1csc2ccccc12. The van der Waals surface area contributed by atoms with E-state index in [0.29, 0.717) is 13.1 Å². The number of rotatable bonds is 3. The largest absolute Gasteiger partial charge is 0.391 e. The van der Waals surface area contributed by atoms with Crippen LogP contribution in [-0.2, 0) is 0 Å². The first kappa shape index (κ1) is 12.6. The van der Waals surface area contributed by atoms with E-state index in [2.05, 4.69) is 10.6 Å². The highest BCUT2D eigenvalue weighted by Crippen LogP contribution is 2.25. The standard InChI is InChI=1S/C14H16N2O2S/c17-12-7-15-5-9(12)6-16-14(18)11-8-19-13-4-2-1-3-10(11)13/h1-4,8-9,12,15,17H,5-7H2,(H,16,18). The van der Waals surface area contributed by atoms with Gasteiger partial charge < -0.3 is 15.7 Å². The van der Waals surface area contributed by atoms with Crippen LogP contribution in [-0.4, -0.2) is 36.8 Å². The lowest BCUT2D eigenvalue weighted by Crippen LogP contribution is -2.34. The minimum absolute atomic E-state index is 0.0588. The Bertz CT molecular complexity index is 596. The fourth-order valence-corrected chi connectivity index (χ4v) is 3.34. The molecule has 2 heterocycles. The zero-order valence-electron chi connectivity index (χ0n) is 10.4. The van der Waals surface area contributed by atoms with E-state index in [1.54, 1.807) is 11.3 Å². The minimum atomic E-state index is -0.362. The molecule has 3 rings (SSSR count). The van der Waals surface area contributed by atoms with Gasteiger partial charge in [-0.05, 0) is 6.07 Å². The Hall–Kier alpha value is -1.43. The summed E-state index contributed by atoms with van der Waals surface area (Å²) >= 11 is 1.58. The molecule has 1 amide bonds. The lowest BCUT2D eigenvalue weighted by Gasteiger charge is -2.13. The van der Waals surface area contributed by atoms with Gasteiger partial charge in [0.2, 0.25) is 0 Å². The molecular formula is C14H16N2O2S. The molecule has 2 unspecified atom stereocenters. The van der Waals surface area contributed by atoms with Gasteiger partial charge in [-0.3, -0.25) is 4.79 Å². The second-order valence-corrected chi connectivity index (χ2v) is 5.75. The van der Waals surface area contributed by atoms with Crippen LogP contribution >= 0.6 is 11.3 Å². The number of aliphatic hydroxyl groups is 1. The van der Waals surface area contributed by atoms with Crippen molar-refractivity contribution in [1.82, 2.24) is 10.6 Å². The summed E-state index contributed by atoms with van der Waals surface area (Å²) in [6.45, 7) is 1.88. The summed E-state index contributed by atoms with van der Waals surface area (Å²) in [5.74, 6) is 0.0467. The van der Waals surface area contributed by atoms with Crippen LogP contribution in [0.15, 0.2) is 29.6 Å². The molecular weight excluding hydrogens is 260 g/mol. The summed E-state index contributed by atoms with van der Waals surface area (Å²) in [5.41, 5.74) is 0.723. The highest BCUT2D eigenvalue weighted by atomic mass is 32.1. The van der Waals surface area contributed by atoms with Crippen molar-refractivity contribution in [2.24, 2.45) is 5.92 Å². The number of thiophene rings is 1. The van der Waals surface area contributed by atoms with Gasteiger partial charge in [-0.2, -0.15) is 0 Å². The molecule has 1 aliphatic rings. The van der Waals surface area contributed by atoms with E-state index in [4.69, 9.17) is 0 Å². The molecule has 1 aromatic heterocycles. The molecule has 1 aliphatic heterocycles. The van der Waals surface area contributed by atoms with Crippen LogP contribution in [0.25, 0.3) is 10.1 Å². The molecule has 0 spiro atoms. The summed E-state index contributed by atoms with van der Waals surface area (Å²) in [5, 5.41) is 18.6. The first-order chi connectivity index (χ1) is 9.25. The number of hydrogen-bond donors (Lipinski definition) is 3. The number of carbonyl (C=O) groups is 1. The highest BCUT2D eigenvalue weighted by Gasteiger charge is 2.25. The Labute approximate surface area is 115 Å². The van der Waals surface area contributed by atoms with Gasteiger partial charge >= 0.3 is 0 Å². The first-order valence-corrected chi connectivity index (χ1v) is 7.27. The molecule has 2 aromatic rings. The number of carbonyl (C=O) groups excluding carboxylic acids is 1. The molecule has 1 saturated heterocycles. The van der Waals surface area contributed by atoms with Crippen molar-refractivity contribution >= 4 is 27.3 Å². The second kappa shape index (κ2) is 5.28. The number of hydrogen-bond acceptors (Lipinski definition) is 4. The molecule has 100 valence electrons. The minimum Gasteiger partial charge on any atom is -0.391 e. The Morgan fingerprint density at radius 3 is 3.05 bits per heavy atom. The summed E-state index contributed by atoms with van der Waals surface area (Å²) in [4.78, 5) is 12.2. The van der Waals surface area contributed by atoms with Crippen molar-refractivity contribution in [1.29, 1.82) is 0 Å². The quantitative estimate of drug-likeness (QED) is 0.790. The molecule has 0 saturated carbocycles. The van der Waals surface area contributed by atoms with Crippen molar-refractivity contribution in [2.45, 2.75) is 6.10 Å². The predicted molar refractivity (Wildman–Crippen MR) is 76.5 cm³/mol. The highest BCUT2D eigenvalue weighted by molar-refractivity contribution is 7.17. The van der Waals surface area contributed by atoms with E-state index in [-0.39, 0.29) is 17.9 Å². The van der Waals surface area contributed by atoms with Crippen molar-refractivity contribution in [3.05, 3.63) is 35.2 Å². The summed E-state index contributed by atoms with van der Waals surface area (Å²) in [6.07, 6.45) is -0.362. The van der Waals surface area contributed by atoms with Crippen LogP contribution in [0.2, 0.25) is 0 Å². The number of benzene rings is 1. The smallest absolute Gasteiger partial charge is 0.252 e. The van der Waals surface area contributed by atoms with E-state index in [9.17, 15) is 9.90 Å². The third-order valence-electron chi connectivity index (χ3n) is 3.55. The average molecular weight is 276 g/mol. The van der Waals surface area contributed by atoms with Gasteiger partial charge in [-0.25, -0.2) is 0 Å². The molecule has 2 atom stereocenters. The Morgan fingerprint density at radius 1 is 1.42 bits per heavy atom. The molecule has 0 bridgehead atoms. The first-order valence-electron chi connectivity index (χ1n) is 6.39. The van der Waals surface area contributed by atoms with Crippen molar-refractivity contribution in [2.75, 3.05) is 19.6 Å². The maximum absolute atomic E-state index is 12.2. The van der Waals surface area contributed by atoms with Gasteiger partial charge in [0, 0.05) is 41.0 Å². The fourth-order valence-electron chi connectivity index (χ4n) is 2.40. The van der Waals surface area contributed by atoms with E-state index in [0.717, 1.165) is 22.2 Å². The van der Waals surface area contributed by atoms with E-state index < -0.39 is 0 Å². The fraction of sp³-hybridized carbons (Fsp3) is 0.357. The third kappa shape index (κ3) is 2.49. The van der Waals surface area contributed by atoms with E-state index in [1.807, 2.05) is 29.6 Å². The van der Waals surface area contributed by atoms with E-state index in [1.165, 1.54) is 0 Å². The summed E-state index contributed by atoms with van der Waals surface area (Å²) < 4.78 is 1.12. The normalized spacial score (nSPS) is 22.8. The summed E-state index contributed by atoms with van der Waals surface area (Å²) in [7, 11) is 0. The number of fused-ring (bicyclic) bond motifs is 1. The molecule has 19 heavy (non-hydrogen) atoms. The molecule has 1 fully saturated rings. The molecule has 3 N–H and O–H groups in total. The lowest BCUT2D eigenvalue weighted by molar-refractivity contribution is 0.0929. The van der Waals surface area contributed by atoms with Crippen molar-refractivity contribution < 1.29 is 9.90 Å². The summed E-state index contributed by atoms with van der Waals surface area (Å²) in [6, 6.07) is 7.89. The number of aliphatic hydroxyl groups excluding tert-OH is 1. The molecule has 0 radical (unpaired) electrons. The molecule has 4 nitrogen and oxygen atoms in total. The third-order valence-corrected chi connectivity index (χ3v) is 4.52.